The van der Waals surface area contributed by atoms with E-state index in [4.69, 9.17) is 9.84 Å². The highest BCUT2D eigenvalue weighted by molar-refractivity contribution is 6.17. The Kier molecular flexibility index (Phi) is 4.91. The molecule has 0 aliphatic carbocycles. The third kappa shape index (κ3) is 3.46. The highest BCUT2D eigenvalue weighted by Gasteiger charge is 2.31. The monoisotopic (exact) mass is 321 g/mol. The predicted octanol–water partition coefficient (Wildman–Crippen LogP) is 0.650. The van der Waals surface area contributed by atoms with Crippen molar-refractivity contribution in [1.82, 2.24) is 4.90 Å². The van der Waals surface area contributed by atoms with E-state index >= 15 is 0 Å². The molecule has 2 rings (SSSR count). The maximum absolute atomic E-state index is 12.0. The molecule has 2 N–H and O–H groups in total. The molecule has 0 atom stereocenters. The van der Waals surface area contributed by atoms with Gasteiger partial charge in [0, 0.05) is 6.08 Å². The maximum atomic E-state index is 12.0. The summed E-state index contributed by atoms with van der Waals surface area (Å²) in [5, 5.41) is 22.6. The van der Waals surface area contributed by atoms with E-state index in [2.05, 4.69) is 5.32 Å². The van der Waals surface area contributed by atoms with E-state index < -0.39 is 16.7 Å². The van der Waals surface area contributed by atoms with Crippen molar-refractivity contribution in [2.24, 2.45) is 0 Å². The van der Waals surface area contributed by atoms with Gasteiger partial charge in [0.15, 0.2) is 0 Å². The Morgan fingerprint density at radius 1 is 1.39 bits per heavy atom. The Morgan fingerprint density at radius 2 is 2.13 bits per heavy atom. The number of nitrogens with one attached hydrogen (secondary N) is 1. The summed E-state index contributed by atoms with van der Waals surface area (Å²) < 4.78 is 5.20. The van der Waals surface area contributed by atoms with Crippen LogP contribution < -0.4 is 10.1 Å². The number of hydrogen-bond donors (Lipinski definition) is 2. The zero-order chi connectivity index (χ0) is 17.0. The normalized spacial score (nSPS) is 14.0. The van der Waals surface area contributed by atoms with E-state index in [1.54, 1.807) is 6.92 Å². The summed E-state index contributed by atoms with van der Waals surface area (Å²) >= 11 is 0. The highest BCUT2D eigenvalue weighted by Crippen LogP contribution is 2.31. The van der Waals surface area contributed by atoms with E-state index in [-0.39, 0.29) is 30.2 Å². The van der Waals surface area contributed by atoms with Gasteiger partial charge in [0.2, 0.25) is 0 Å². The zero-order valence-corrected chi connectivity index (χ0v) is 12.3. The van der Waals surface area contributed by atoms with Crippen molar-refractivity contribution in [1.29, 1.82) is 0 Å². The number of amides is 2. The zero-order valence-electron chi connectivity index (χ0n) is 12.3. The number of aliphatic hydroxyl groups excluding tert-OH is 1. The quantitative estimate of drug-likeness (QED) is 0.429. The molecule has 0 saturated heterocycles. The number of ether oxygens (including phenoxy) is 1. The molecule has 1 aliphatic heterocycles. The van der Waals surface area contributed by atoms with Crippen molar-refractivity contribution in [3.63, 3.8) is 0 Å². The number of aliphatic hydroxyl groups is 1. The molecule has 0 aromatic heterocycles. The van der Waals surface area contributed by atoms with Crippen LogP contribution in [0.3, 0.4) is 0 Å². The smallest absolute Gasteiger partial charge is 0.296 e. The third-order valence-corrected chi connectivity index (χ3v) is 3.08. The topological polar surface area (TPSA) is 122 Å². The van der Waals surface area contributed by atoms with Gasteiger partial charge in [0.1, 0.15) is 17.1 Å². The standard InChI is InChI=1S/C14H15N3O6/c1-2-23-9-3-4-10(12(7-9)17(21)22)15-11-8-13(19)16(5-6-18)14(11)20/h3-4,7-8,15,18H,2,5-6H2,1H3. The maximum Gasteiger partial charge on any atom is 0.296 e. The van der Waals surface area contributed by atoms with E-state index in [0.29, 0.717) is 12.4 Å². The fourth-order valence-corrected chi connectivity index (χ4v) is 2.08. The van der Waals surface area contributed by atoms with Gasteiger partial charge in [-0.1, -0.05) is 0 Å². The van der Waals surface area contributed by atoms with Gasteiger partial charge in [-0.25, -0.2) is 0 Å². The Morgan fingerprint density at radius 3 is 2.74 bits per heavy atom. The van der Waals surface area contributed by atoms with Gasteiger partial charge in [0.05, 0.1) is 30.7 Å². The molecule has 1 aromatic carbocycles. The number of rotatable bonds is 7. The molecule has 23 heavy (non-hydrogen) atoms. The van der Waals surface area contributed by atoms with Crippen molar-refractivity contribution < 1.29 is 24.4 Å². The van der Waals surface area contributed by atoms with Crippen molar-refractivity contribution in [3.05, 3.63) is 40.1 Å². The Balaban J connectivity index is 2.26. The molecule has 0 spiro atoms. The van der Waals surface area contributed by atoms with Gasteiger partial charge in [-0.2, -0.15) is 0 Å². The van der Waals surface area contributed by atoms with Crippen molar-refractivity contribution in [2.75, 3.05) is 25.1 Å². The number of β-amino-alcohol motifs (C(OH)–C–C–N with tert-alkyl or cyclic N) is 1. The van der Waals surface area contributed by atoms with Crippen LogP contribution in [0.2, 0.25) is 0 Å². The molecular weight excluding hydrogens is 306 g/mol. The second kappa shape index (κ2) is 6.88. The minimum absolute atomic E-state index is 0.0664. The minimum atomic E-state index is -0.646. The number of carbonyl (C=O) groups excluding carboxylic acids is 2. The summed E-state index contributed by atoms with van der Waals surface area (Å²) in [6.07, 6.45) is 1.04. The van der Waals surface area contributed by atoms with Gasteiger partial charge in [0.25, 0.3) is 17.5 Å². The third-order valence-electron chi connectivity index (χ3n) is 3.08. The Bertz CT molecular complexity index is 685. The first-order valence-corrected chi connectivity index (χ1v) is 6.84. The number of carbonyl (C=O) groups is 2. The number of anilines is 1. The second-order valence-corrected chi connectivity index (χ2v) is 4.57. The van der Waals surface area contributed by atoms with Gasteiger partial charge in [-0.15, -0.1) is 0 Å². The molecule has 1 aliphatic rings. The van der Waals surface area contributed by atoms with Gasteiger partial charge in [-0.3, -0.25) is 24.6 Å². The first-order valence-electron chi connectivity index (χ1n) is 6.84. The predicted molar refractivity (Wildman–Crippen MR) is 79.8 cm³/mol. The van der Waals surface area contributed by atoms with E-state index in [0.717, 1.165) is 11.0 Å². The Hall–Kier alpha value is -2.94. The fraction of sp³-hybridized carbons (Fsp3) is 0.286. The van der Waals surface area contributed by atoms with Gasteiger partial charge in [-0.05, 0) is 19.1 Å². The lowest BCUT2D eigenvalue weighted by molar-refractivity contribution is -0.384. The summed E-state index contributed by atoms with van der Waals surface area (Å²) in [4.78, 5) is 35.1. The van der Waals surface area contributed by atoms with Crippen LogP contribution in [0, 0.1) is 10.1 Å². The molecular formula is C14H15N3O6. The molecule has 9 heteroatoms. The molecule has 0 bridgehead atoms. The number of benzene rings is 1. The summed E-state index contributed by atoms with van der Waals surface area (Å²) in [5.74, 6) is -0.901. The summed E-state index contributed by atoms with van der Waals surface area (Å²) in [6.45, 7) is 1.62. The van der Waals surface area contributed by atoms with Crippen molar-refractivity contribution in [2.45, 2.75) is 6.92 Å². The van der Waals surface area contributed by atoms with Crippen LogP contribution in [-0.4, -0.2) is 46.5 Å². The van der Waals surface area contributed by atoms with Crippen LogP contribution in [0.1, 0.15) is 6.92 Å². The number of nitro groups is 1. The van der Waals surface area contributed by atoms with Crippen molar-refractivity contribution >= 4 is 23.2 Å². The first kappa shape index (κ1) is 16.4. The summed E-state index contributed by atoms with van der Waals surface area (Å²) in [5.41, 5.74) is -0.301. The first-order chi connectivity index (χ1) is 11.0. The lowest BCUT2D eigenvalue weighted by Gasteiger charge is -2.13. The summed E-state index contributed by atoms with van der Waals surface area (Å²) in [7, 11) is 0. The number of nitro benzene ring substituents is 1. The second-order valence-electron chi connectivity index (χ2n) is 4.57. The average molecular weight is 321 g/mol. The van der Waals surface area contributed by atoms with E-state index in [1.165, 1.54) is 18.2 Å². The molecule has 122 valence electrons. The largest absolute Gasteiger partial charge is 0.494 e. The van der Waals surface area contributed by atoms with Crippen LogP contribution in [0.4, 0.5) is 11.4 Å². The molecule has 0 saturated carbocycles. The number of nitrogens with zero attached hydrogens (tertiary/aromatic N) is 2. The molecule has 0 unspecified atom stereocenters. The molecule has 1 aromatic rings. The fourth-order valence-electron chi connectivity index (χ4n) is 2.08. The van der Waals surface area contributed by atoms with Gasteiger partial charge < -0.3 is 15.2 Å². The minimum Gasteiger partial charge on any atom is -0.494 e. The van der Waals surface area contributed by atoms with Crippen LogP contribution in [0.5, 0.6) is 5.75 Å². The van der Waals surface area contributed by atoms with Crippen LogP contribution in [0.25, 0.3) is 0 Å². The SMILES string of the molecule is CCOc1ccc(NC2=CC(=O)N(CCO)C2=O)c([N+](=O)[O-])c1. The highest BCUT2D eigenvalue weighted by atomic mass is 16.6. The van der Waals surface area contributed by atoms with E-state index in [1.807, 2.05) is 0 Å². The van der Waals surface area contributed by atoms with Crippen LogP contribution in [0.15, 0.2) is 30.0 Å². The van der Waals surface area contributed by atoms with Crippen molar-refractivity contribution in [3.8, 4) is 5.75 Å². The van der Waals surface area contributed by atoms with Gasteiger partial charge >= 0.3 is 0 Å². The summed E-state index contributed by atoms with van der Waals surface area (Å²) in [6, 6.07) is 4.15. The lowest BCUT2D eigenvalue weighted by atomic mass is 10.2. The number of imide groups is 1. The Labute approximate surface area is 131 Å². The molecule has 9 nitrogen and oxygen atoms in total. The van der Waals surface area contributed by atoms with Crippen LogP contribution in [-0.2, 0) is 9.59 Å². The van der Waals surface area contributed by atoms with Crippen LogP contribution >= 0.6 is 0 Å². The molecule has 2 amide bonds. The average Bonchev–Trinajstić information content (AvgIpc) is 2.77. The molecule has 0 radical (unpaired) electrons. The van der Waals surface area contributed by atoms with E-state index in [9.17, 15) is 19.7 Å². The number of hydrogen-bond acceptors (Lipinski definition) is 7. The lowest BCUT2D eigenvalue weighted by Crippen LogP contribution is -2.34. The molecule has 1 heterocycles. The molecule has 0 fully saturated rings.